The second kappa shape index (κ2) is 8.15. The summed E-state index contributed by atoms with van der Waals surface area (Å²) in [5.41, 5.74) is 0. The number of nitrogens with zero attached hydrogens (tertiary/aromatic N) is 3. The molecule has 1 rings (SSSR count). The number of hydrogen-bond donors (Lipinski definition) is 1. The van der Waals surface area contributed by atoms with Crippen LogP contribution in [0.4, 0.5) is 5.95 Å². The average Bonchev–Trinajstić information content (AvgIpc) is 2.84. The summed E-state index contributed by atoms with van der Waals surface area (Å²) in [5.74, 6) is 1.98. The molecule has 1 unspecified atom stereocenters. The number of aromatic nitrogens is 2. The molecule has 0 bridgehead atoms. The lowest BCUT2D eigenvalue weighted by atomic mass is 10.0. The van der Waals surface area contributed by atoms with E-state index in [4.69, 9.17) is 4.52 Å². The van der Waals surface area contributed by atoms with Crippen molar-refractivity contribution in [1.82, 2.24) is 15.5 Å². The van der Waals surface area contributed by atoms with Crippen LogP contribution in [-0.4, -0.2) is 35.8 Å². The summed E-state index contributed by atoms with van der Waals surface area (Å²) in [6, 6.07) is 0.393. The molecule has 0 saturated heterocycles. The summed E-state index contributed by atoms with van der Waals surface area (Å²) >= 11 is 0. The van der Waals surface area contributed by atoms with Crippen molar-refractivity contribution in [1.29, 1.82) is 0 Å². The van der Waals surface area contributed by atoms with E-state index in [-0.39, 0.29) is 0 Å². The van der Waals surface area contributed by atoms with Crippen LogP contribution in [0.2, 0.25) is 0 Å². The maximum Gasteiger partial charge on any atom is 0.266 e. The monoisotopic (exact) mass is 268 g/mol. The van der Waals surface area contributed by atoms with Crippen molar-refractivity contribution in [3.05, 3.63) is 5.89 Å². The Bertz CT molecular complexity index is 347. The van der Waals surface area contributed by atoms with Crippen molar-refractivity contribution < 1.29 is 4.52 Å². The van der Waals surface area contributed by atoms with Gasteiger partial charge in [-0.1, -0.05) is 20.8 Å². The van der Waals surface area contributed by atoms with E-state index in [0.29, 0.717) is 17.9 Å². The van der Waals surface area contributed by atoms with Crippen LogP contribution in [0, 0.1) is 5.92 Å². The first-order valence-electron chi connectivity index (χ1n) is 7.43. The van der Waals surface area contributed by atoms with E-state index in [9.17, 15) is 0 Å². The highest BCUT2D eigenvalue weighted by Crippen LogP contribution is 2.13. The van der Waals surface area contributed by atoms with Gasteiger partial charge in [-0.05, 0) is 37.9 Å². The zero-order valence-electron chi connectivity index (χ0n) is 12.9. The molecule has 0 fully saturated rings. The van der Waals surface area contributed by atoms with Crippen LogP contribution in [0.25, 0.3) is 0 Å². The van der Waals surface area contributed by atoms with Crippen LogP contribution >= 0.6 is 0 Å². The minimum atomic E-state index is 0.393. The Labute approximate surface area is 116 Å². The maximum atomic E-state index is 5.37. The van der Waals surface area contributed by atoms with Crippen LogP contribution in [0.3, 0.4) is 0 Å². The molecule has 0 aliphatic rings. The number of rotatable bonds is 9. The first-order valence-corrected chi connectivity index (χ1v) is 7.43. The summed E-state index contributed by atoms with van der Waals surface area (Å²) in [6.45, 7) is 13.6. The molecule has 1 aromatic rings. The molecule has 0 amide bonds. The third kappa shape index (κ3) is 4.82. The Hall–Kier alpha value is -1.10. The van der Waals surface area contributed by atoms with E-state index in [0.717, 1.165) is 38.4 Å². The van der Waals surface area contributed by atoms with Crippen molar-refractivity contribution in [2.75, 3.05) is 24.5 Å². The van der Waals surface area contributed by atoms with Crippen LogP contribution in [0.5, 0.6) is 0 Å². The van der Waals surface area contributed by atoms with E-state index in [1.807, 2.05) is 0 Å². The summed E-state index contributed by atoms with van der Waals surface area (Å²) < 4.78 is 5.37. The van der Waals surface area contributed by atoms with Crippen molar-refractivity contribution >= 4 is 5.95 Å². The minimum Gasteiger partial charge on any atom is -0.339 e. The fraction of sp³-hybridized carbons (Fsp3) is 0.857. The quantitative estimate of drug-likeness (QED) is 0.745. The van der Waals surface area contributed by atoms with Gasteiger partial charge in [0.2, 0.25) is 5.89 Å². The Morgan fingerprint density at radius 2 is 1.89 bits per heavy atom. The maximum absolute atomic E-state index is 5.37. The highest BCUT2D eigenvalue weighted by molar-refractivity contribution is 5.26. The number of nitrogens with one attached hydrogen (secondary N) is 1. The first kappa shape index (κ1) is 16.0. The fourth-order valence-corrected chi connectivity index (χ4v) is 2.03. The topological polar surface area (TPSA) is 54.2 Å². The zero-order chi connectivity index (χ0) is 14.3. The van der Waals surface area contributed by atoms with Gasteiger partial charge in [-0.15, -0.1) is 0 Å². The molecule has 0 aliphatic heterocycles. The predicted octanol–water partition coefficient (Wildman–Crippen LogP) is 2.48. The zero-order valence-corrected chi connectivity index (χ0v) is 12.9. The molecule has 5 heteroatoms. The summed E-state index contributed by atoms with van der Waals surface area (Å²) in [4.78, 5) is 6.58. The highest BCUT2D eigenvalue weighted by Gasteiger charge is 2.18. The van der Waals surface area contributed by atoms with E-state index in [2.05, 4.69) is 55.0 Å². The van der Waals surface area contributed by atoms with Crippen molar-refractivity contribution in [2.24, 2.45) is 5.92 Å². The van der Waals surface area contributed by atoms with Crippen molar-refractivity contribution in [3.63, 3.8) is 0 Å². The van der Waals surface area contributed by atoms with Gasteiger partial charge in [-0.3, -0.25) is 0 Å². The number of hydrogen-bond acceptors (Lipinski definition) is 5. The molecule has 1 heterocycles. The van der Waals surface area contributed by atoms with Gasteiger partial charge in [-0.2, -0.15) is 4.98 Å². The fourth-order valence-electron chi connectivity index (χ4n) is 2.03. The molecule has 19 heavy (non-hydrogen) atoms. The molecule has 1 aromatic heterocycles. The van der Waals surface area contributed by atoms with Gasteiger partial charge in [0.25, 0.3) is 5.95 Å². The van der Waals surface area contributed by atoms with Gasteiger partial charge in [0.1, 0.15) is 0 Å². The van der Waals surface area contributed by atoms with Crippen LogP contribution in [0.15, 0.2) is 4.52 Å². The third-order valence-corrected chi connectivity index (χ3v) is 3.36. The van der Waals surface area contributed by atoms with Crippen LogP contribution < -0.4 is 10.2 Å². The average molecular weight is 268 g/mol. The lowest BCUT2D eigenvalue weighted by molar-refractivity contribution is 0.326. The predicted molar refractivity (Wildman–Crippen MR) is 78.5 cm³/mol. The molecule has 0 aromatic carbocycles. The number of anilines is 1. The Morgan fingerprint density at radius 1 is 1.21 bits per heavy atom. The molecule has 110 valence electrons. The van der Waals surface area contributed by atoms with Gasteiger partial charge in [0, 0.05) is 25.6 Å². The Kier molecular flexibility index (Phi) is 6.84. The highest BCUT2D eigenvalue weighted by atomic mass is 16.5. The smallest absolute Gasteiger partial charge is 0.266 e. The normalized spacial score (nSPS) is 12.9. The lowest BCUT2D eigenvalue weighted by Gasteiger charge is -2.20. The Balaban J connectivity index is 2.64. The molecule has 5 nitrogen and oxygen atoms in total. The van der Waals surface area contributed by atoms with Crippen molar-refractivity contribution in [3.8, 4) is 0 Å². The molecule has 0 saturated carbocycles. The standard InChI is InChI=1S/C14H28N4O/c1-6-9-15-12(11(4)5)10-13-16-14(17-19-13)18(7-2)8-3/h11-12,15H,6-10H2,1-5H3. The van der Waals surface area contributed by atoms with E-state index < -0.39 is 0 Å². The summed E-state index contributed by atoms with van der Waals surface area (Å²) in [6.07, 6.45) is 1.93. The largest absolute Gasteiger partial charge is 0.339 e. The molecule has 1 atom stereocenters. The molecule has 0 radical (unpaired) electrons. The van der Waals surface area contributed by atoms with Crippen molar-refractivity contribution in [2.45, 2.75) is 53.5 Å². The Morgan fingerprint density at radius 3 is 2.42 bits per heavy atom. The summed E-state index contributed by atoms with van der Waals surface area (Å²) in [5, 5.41) is 7.61. The molecule has 0 aliphatic carbocycles. The second-order valence-corrected chi connectivity index (χ2v) is 5.17. The van der Waals surface area contributed by atoms with Gasteiger partial charge in [-0.25, -0.2) is 0 Å². The summed E-state index contributed by atoms with van der Waals surface area (Å²) in [7, 11) is 0. The molecule has 0 spiro atoms. The van der Waals surface area contributed by atoms with E-state index in [1.165, 1.54) is 0 Å². The van der Waals surface area contributed by atoms with Gasteiger partial charge < -0.3 is 14.7 Å². The first-order chi connectivity index (χ1) is 9.12. The van der Waals surface area contributed by atoms with Gasteiger partial charge >= 0.3 is 0 Å². The van der Waals surface area contributed by atoms with Gasteiger partial charge in [0.15, 0.2) is 0 Å². The van der Waals surface area contributed by atoms with E-state index in [1.54, 1.807) is 0 Å². The lowest BCUT2D eigenvalue weighted by Crippen LogP contribution is -2.36. The van der Waals surface area contributed by atoms with Crippen LogP contribution in [-0.2, 0) is 6.42 Å². The van der Waals surface area contributed by atoms with Gasteiger partial charge in [0.05, 0.1) is 0 Å². The van der Waals surface area contributed by atoms with E-state index >= 15 is 0 Å². The molecular formula is C14H28N4O. The third-order valence-electron chi connectivity index (χ3n) is 3.36. The SMILES string of the molecule is CCCNC(Cc1nc(N(CC)CC)no1)C(C)C. The molecular weight excluding hydrogens is 240 g/mol. The van der Waals surface area contributed by atoms with Crippen LogP contribution in [0.1, 0.15) is 46.9 Å². The second-order valence-electron chi connectivity index (χ2n) is 5.17. The molecule has 1 N–H and O–H groups in total. The minimum absolute atomic E-state index is 0.393.